The minimum Gasteiger partial charge on any atom is -0.351 e. The van der Waals surface area contributed by atoms with E-state index in [0.717, 1.165) is 6.08 Å². The Bertz CT molecular complexity index is 495. The summed E-state index contributed by atoms with van der Waals surface area (Å²) in [4.78, 5) is 11.0. The van der Waals surface area contributed by atoms with Crippen molar-refractivity contribution in [3.63, 3.8) is 0 Å². The molecule has 0 bridgehead atoms. The monoisotopic (exact) mass is 255 g/mol. The highest BCUT2D eigenvalue weighted by Crippen LogP contribution is 2.20. The lowest BCUT2D eigenvalue weighted by Crippen LogP contribution is -2.30. The van der Waals surface area contributed by atoms with Gasteiger partial charge in [-0.15, -0.1) is 0 Å². The summed E-state index contributed by atoms with van der Waals surface area (Å²) in [5, 5.41) is 1.17. The van der Waals surface area contributed by atoms with Crippen molar-refractivity contribution in [2.45, 2.75) is 5.25 Å². The average molecular weight is 255 g/mol. The van der Waals surface area contributed by atoms with Gasteiger partial charge in [-0.1, -0.05) is 36.9 Å². The van der Waals surface area contributed by atoms with Gasteiger partial charge < -0.3 is 5.32 Å². The SMILES string of the molecule is C=CC(=O)NCC(c1ccccc1)S(=O)(=O)O. The molecule has 92 valence electrons. The fourth-order valence-electron chi connectivity index (χ4n) is 1.33. The zero-order valence-corrected chi connectivity index (χ0v) is 9.85. The molecule has 1 atom stereocenters. The lowest BCUT2D eigenvalue weighted by molar-refractivity contribution is -0.116. The number of benzene rings is 1. The Balaban J connectivity index is 2.91. The van der Waals surface area contributed by atoms with Gasteiger partial charge in [-0.05, 0) is 11.6 Å². The zero-order valence-electron chi connectivity index (χ0n) is 9.04. The number of nitrogens with one attached hydrogen (secondary N) is 1. The molecule has 6 heteroatoms. The van der Waals surface area contributed by atoms with Gasteiger partial charge >= 0.3 is 0 Å². The van der Waals surface area contributed by atoms with Crippen molar-refractivity contribution in [2.24, 2.45) is 0 Å². The molecule has 0 saturated carbocycles. The Labute approximate surface area is 99.9 Å². The number of carbonyl (C=O) groups excluding carboxylic acids is 1. The maximum absolute atomic E-state index is 11.2. The Morgan fingerprint density at radius 2 is 2.00 bits per heavy atom. The van der Waals surface area contributed by atoms with Gasteiger partial charge in [0.25, 0.3) is 10.1 Å². The van der Waals surface area contributed by atoms with Crippen LogP contribution in [0.2, 0.25) is 0 Å². The highest BCUT2D eigenvalue weighted by atomic mass is 32.2. The molecule has 0 aliphatic carbocycles. The fourth-order valence-corrected chi connectivity index (χ4v) is 2.12. The second-order valence-electron chi connectivity index (χ2n) is 3.36. The molecule has 0 spiro atoms. The molecule has 2 N–H and O–H groups in total. The van der Waals surface area contributed by atoms with Crippen LogP contribution in [-0.4, -0.2) is 25.4 Å². The summed E-state index contributed by atoms with van der Waals surface area (Å²) in [5.74, 6) is -0.491. The van der Waals surface area contributed by atoms with Crippen molar-refractivity contribution < 1.29 is 17.8 Å². The van der Waals surface area contributed by atoms with Gasteiger partial charge in [0.1, 0.15) is 5.25 Å². The van der Waals surface area contributed by atoms with E-state index in [2.05, 4.69) is 11.9 Å². The third-order valence-electron chi connectivity index (χ3n) is 2.18. The zero-order chi connectivity index (χ0) is 12.9. The van der Waals surface area contributed by atoms with Gasteiger partial charge in [0.05, 0.1) is 0 Å². The predicted octanol–water partition coefficient (Wildman–Crippen LogP) is 0.918. The van der Waals surface area contributed by atoms with Crippen LogP contribution in [0.5, 0.6) is 0 Å². The highest BCUT2D eigenvalue weighted by molar-refractivity contribution is 7.86. The van der Waals surface area contributed by atoms with Crippen LogP contribution in [0.4, 0.5) is 0 Å². The highest BCUT2D eigenvalue weighted by Gasteiger charge is 2.24. The molecule has 0 radical (unpaired) electrons. The van der Waals surface area contributed by atoms with Gasteiger partial charge in [-0.3, -0.25) is 9.35 Å². The number of carbonyl (C=O) groups is 1. The van der Waals surface area contributed by atoms with E-state index in [0.29, 0.717) is 5.56 Å². The maximum Gasteiger partial charge on any atom is 0.273 e. The van der Waals surface area contributed by atoms with Crippen LogP contribution in [-0.2, 0) is 14.9 Å². The fraction of sp³-hybridized carbons (Fsp3) is 0.182. The average Bonchev–Trinajstić information content (AvgIpc) is 2.28. The number of hydrogen-bond donors (Lipinski definition) is 2. The van der Waals surface area contributed by atoms with E-state index in [1.165, 1.54) is 0 Å². The van der Waals surface area contributed by atoms with Crippen LogP contribution < -0.4 is 5.32 Å². The van der Waals surface area contributed by atoms with Gasteiger partial charge in [-0.25, -0.2) is 0 Å². The second-order valence-corrected chi connectivity index (χ2v) is 4.96. The van der Waals surface area contributed by atoms with Crippen molar-refractivity contribution >= 4 is 16.0 Å². The molecule has 5 nitrogen and oxygen atoms in total. The summed E-state index contributed by atoms with van der Waals surface area (Å²) < 4.78 is 31.5. The summed E-state index contributed by atoms with van der Waals surface area (Å²) in [5.41, 5.74) is 0.416. The third kappa shape index (κ3) is 4.01. The molecular formula is C11H13NO4S. The standard InChI is InChI=1S/C11H13NO4S/c1-2-11(13)12-8-10(17(14,15)16)9-6-4-3-5-7-9/h2-7,10H,1,8H2,(H,12,13)(H,14,15,16). The van der Waals surface area contributed by atoms with Gasteiger partial charge in [0.15, 0.2) is 0 Å². The molecule has 0 heterocycles. The molecule has 1 amide bonds. The Kier molecular flexibility index (Phi) is 4.42. The minimum absolute atomic E-state index is 0.201. The summed E-state index contributed by atoms with van der Waals surface area (Å²) in [7, 11) is -4.27. The first-order valence-corrected chi connectivity index (χ1v) is 6.37. The van der Waals surface area contributed by atoms with Crippen LogP contribution in [0.1, 0.15) is 10.8 Å². The van der Waals surface area contributed by atoms with Crippen molar-refractivity contribution in [3.8, 4) is 0 Å². The quantitative estimate of drug-likeness (QED) is 0.605. The second kappa shape index (κ2) is 5.60. The molecule has 1 unspecified atom stereocenters. The van der Waals surface area contributed by atoms with E-state index in [4.69, 9.17) is 4.55 Å². The van der Waals surface area contributed by atoms with Crippen molar-refractivity contribution in [1.29, 1.82) is 0 Å². The van der Waals surface area contributed by atoms with Crippen LogP contribution in [0.3, 0.4) is 0 Å². The third-order valence-corrected chi connectivity index (χ3v) is 3.34. The predicted molar refractivity (Wildman–Crippen MR) is 63.9 cm³/mol. The Morgan fingerprint density at radius 3 is 2.47 bits per heavy atom. The van der Waals surface area contributed by atoms with E-state index in [-0.39, 0.29) is 6.54 Å². The first-order chi connectivity index (χ1) is 7.95. The number of hydrogen-bond acceptors (Lipinski definition) is 3. The molecule has 0 aliphatic heterocycles. The van der Waals surface area contributed by atoms with Gasteiger partial charge in [0.2, 0.25) is 5.91 Å². The lowest BCUT2D eigenvalue weighted by Gasteiger charge is -2.14. The van der Waals surface area contributed by atoms with Gasteiger partial charge in [-0.2, -0.15) is 8.42 Å². The Morgan fingerprint density at radius 1 is 1.41 bits per heavy atom. The molecular weight excluding hydrogens is 242 g/mol. The molecule has 0 aliphatic rings. The summed E-state index contributed by atoms with van der Waals surface area (Å²) in [6, 6.07) is 8.18. The van der Waals surface area contributed by atoms with E-state index < -0.39 is 21.3 Å². The number of amides is 1. The summed E-state index contributed by atoms with van der Waals surface area (Å²) in [6.45, 7) is 3.05. The summed E-state index contributed by atoms with van der Waals surface area (Å²) >= 11 is 0. The topological polar surface area (TPSA) is 83.5 Å². The van der Waals surface area contributed by atoms with Crippen molar-refractivity contribution in [2.75, 3.05) is 6.54 Å². The van der Waals surface area contributed by atoms with Crippen LogP contribution in [0.25, 0.3) is 0 Å². The van der Waals surface area contributed by atoms with Crippen molar-refractivity contribution in [3.05, 3.63) is 48.6 Å². The number of rotatable bonds is 5. The normalized spacial score (nSPS) is 12.8. The van der Waals surface area contributed by atoms with E-state index in [1.807, 2.05) is 0 Å². The first kappa shape index (κ1) is 13.4. The van der Waals surface area contributed by atoms with Crippen LogP contribution in [0.15, 0.2) is 43.0 Å². The Hall–Kier alpha value is -1.66. The largest absolute Gasteiger partial charge is 0.351 e. The smallest absolute Gasteiger partial charge is 0.273 e. The van der Waals surface area contributed by atoms with Crippen LogP contribution in [0, 0.1) is 0 Å². The molecule has 0 fully saturated rings. The van der Waals surface area contributed by atoms with Crippen LogP contribution >= 0.6 is 0 Å². The molecule has 1 aromatic carbocycles. The van der Waals surface area contributed by atoms with E-state index in [1.54, 1.807) is 30.3 Å². The summed E-state index contributed by atoms with van der Waals surface area (Å²) in [6.07, 6.45) is 1.03. The molecule has 1 rings (SSSR count). The van der Waals surface area contributed by atoms with Gasteiger partial charge in [0, 0.05) is 6.54 Å². The lowest BCUT2D eigenvalue weighted by atomic mass is 10.1. The molecule has 17 heavy (non-hydrogen) atoms. The van der Waals surface area contributed by atoms with E-state index in [9.17, 15) is 13.2 Å². The molecule has 1 aromatic rings. The minimum atomic E-state index is -4.27. The van der Waals surface area contributed by atoms with Crippen molar-refractivity contribution in [1.82, 2.24) is 5.32 Å². The maximum atomic E-state index is 11.2. The first-order valence-electron chi connectivity index (χ1n) is 4.86. The molecule has 0 aromatic heterocycles. The molecule has 0 saturated heterocycles. The van der Waals surface area contributed by atoms with E-state index >= 15 is 0 Å².